The molecule has 2 aromatic rings. The van der Waals surface area contributed by atoms with E-state index in [9.17, 15) is 31.1 Å². The first-order valence-corrected chi connectivity index (χ1v) is 6.95. The van der Waals surface area contributed by atoms with E-state index in [4.69, 9.17) is 4.74 Å². The fourth-order valence-corrected chi connectivity index (χ4v) is 2.15. The van der Waals surface area contributed by atoms with Gasteiger partial charge in [-0.25, -0.2) is 4.79 Å². The molecular formula is C14H11F6N3O3. The number of halogens is 6. The van der Waals surface area contributed by atoms with Gasteiger partial charge in [-0.1, -0.05) is 0 Å². The summed E-state index contributed by atoms with van der Waals surface area (Å²) < 4.78 is 88.4. The number of nitrogens with one attached hydrogen (secondary N) is 1. The number of alkyl halides is 6. The Bertz CT molecular complexity index is 813. The molecule has 1 aromatic heterocycles. The van der Waals surface area contributed by atoms with Gasteiger partial charge >= 0.3 is 18.3 Å². The number of hydrogen-bond acceptors (Lipinski definition) is 5. The first kappa shape index (κ1) is 19.5. The van der Waals surface area contributed by atoms with Gasteiger partial charge in [0, 0.05) is 0 Å². The zero-order valence-corrected chi connectivity index (χ0v) is 13.2. The summed E-state index contributed by atoms with van der Waals surface area (Å²) in [6.45, 7) is 1.36. The average molecular weight is 383 g/mol. The molecule has 0 fully saturated rings. The minimum absolute atomic E-state index is 0.0819. The highest BCUT2D eigenvalue weighted by atomic mass is 19.4. The first-order valence-electron chi connectivity index (χ1n) is 6.95. The molecule has 0 radical (unpaired) electrons. The van der Waals surface area contributed by atoms with E-state index >= 15 is 0 Å². The van der Waals surface area contributed by atoms with Gasteiger partial charge in [-0.05, 0) is 19.1 Å². The molecule has 0 atom stereocenters. The molecule has 0 aliphatic heterocycles. The molecule has 0 bridgehead atoms. The Hall–Kier alpha value is -2.79. The van der Waals surface area contributed by atoms with Crippen LogP contribution in [0.15, 0.2) is 12.1 Å². The smallest absolute Gasteiger partial charge is 0.417 e. The molecule has 0 aliphatic carbocycles. The SMILES string of the molecule is CCOC(=O)c1n[nH]nc1-c1c(OC)cc(C(F)(F)F)cc1C(F)(F)F. The maximum atomic E-state index is 13.4. The Labute approximate surface area is 142 Å². The summed E-state index contributed by atoms with van der Waals surface area (Å²) in [6.07, 6.45) is -10.2. The number of hydrogen-bond donors (Lipinski definition) is 1. The van der Waals surface area contributed by atoms with Crippen molar-refractivity contribution >= 4 is 5.97 Å². The van der Waals surface area contributed by atoms with Crippen LogP contribution in [0.1, 0.15) is 28.5 Å². The average Bonchev–Trinajstić information content (AvgIpc) is 3.01. The van der Waals surface area contributed by atoms with Crippen molar-refractivity contribution in [3.63, 3.8) is 0 Å². The number of nitrogens with zero attached hydrogens (tertiary/aromatic N) is 2. The van der Waals surface area contributed by atoms with Gasteiger partial charge in [0.25, 0.3) is 0 Å². The van der Waals surface area contributed by atoms with Gasteiger partial charge in [-0.15, -0.1) is 5.10 Å². The number of methoxy groups -OCH3 is 1. The fraction of sp³-hybridized carbons (Fsp3) is 0.357. The van der Waals surface area contributed by atoms with E-state index in [0.717, 1.165) is 7.11 Å². The highest BCUT2D eigenvalue weighted by Crippen LogP contribution is 2.45. The Kier molecular flexibility index (Phi) is 5.14. The number of carbonyl (C=O) groups is 1. The lowest BCUT2D eigenvalue weighted by atomic mass is 9.98. The van der Waals surface area contributed by atoms with Crippen molar-refractivity contribution in [3.8, 4) is 17.0 Å². The van der Waals surface area contributed by atoms with E-state index in [1.165, 1.54) is 6.92 Å². The van der Waals surface area contributed by atoms with Crippen molar-refractivity contribution in [2.75, 3.05) is 13.7 Å². The standard InChI is InChI=1S/C14H11F6N3O3/c1-3-26-12(24)11-10(21-23-22-11)9-7(14(18,19)20)4-6(13(15,16)17)5-8(9)25-2/h4-5H,3H2,1-2H3,(H,21,22,23). The second-order valence-corrected chi connectivity index (χ2v) is 4.84. The van der Waals surface area contributed by atoms with Gasteiger partial charge in [-0.2, -0.15) is 36.7 Å². The molecule has 0 spiro atoms. The van der Waals surface area contributed by atoms with Gasteiger partial charge in [0.2, 0.25) is 0 Å². The molecule has 142 valence electrons. The van der Waals surface area contributed by atoms with Gasteiger partial charge in [0.1, 0.15) is 11.4 Å². The van der Waals surface area contributed by atoms with Gasteiger partial charge in [0.15, 0.2) is 5.69 Å². The van der Waals surface area contributed by atoms with Crippen molar-refractivity contribution in [2.45, 2.75) is 19.3 Å². The van der Waals surface area contributed by atoms with Crippen LogP contribution in [0.4, 0.5) is 26.3 Å². The van der Waals surface area contributed by atoms with Crippen LogP contribution in [0.2, 0.25) is 0 Å². The summed E-state index contributed by atoms with van der Waals surface area (Å²) in [4.78, 5) is 11.8. The van der Waals surface area contributed by atoms with Crippen LogP contribution < -0.4 is 4.74 Å². The van der Waals surface area contributed by atoms with Crippen LogP contribution in [0, 0.1) is 0 Å². The minimum atomic E-state index is -5.19. The number of aromatic amines is 1. The minimum Gasteiger partial charge on any atom is -0.496 e. The highest BCUT2D eigenvalue weighted by Gasteiger charge is 2.41. The summed E-state index contributed by atoms with van der Waals surface area (Å²) in [7, 11) is 0.892. The fourth-order valence-electron chi connectivity index (χ4n) is 2.15. The zero-order valence-electron chi connectivity index (χ0n) is 13.2. The van der Waals surface area contributed by atoms with Crippen LogP contribution in [-0.4, -0.2) is 35.1 Å². The molecule has 26 heavy (non-hydrogen) atoms. The molecule has 0 unspecified atom stereocenters. The number of aromatic nitrogens is 3. The van der Waals surface area contributed by atoms with E-state index < -0.39 is 52.1 Å². The van der Waals surface area contributed by atoms with E-state index in [2.05, 4.69) is 14.9 Å². The second-order valence-electron chi connectivity index (χ2n) is 4.84. The maximum absolute atomic E-state index is 13.4. The van der Waals surface area contributed by atoms with E-state index in [1.54, 1.807) is 0 Å². The number of carbonyl (C=O) groups excluding carboxylic acids is 1. The number of ether oxygens (including phenoxy) is 2. The summed E-state index contributed by atoms with van der Waals surface area (Å²) >= 11 is 0. The third kappa shape index (κ3) is 3.73. The van der Waals surface area contributed by atoms with Crippen LogP contribution >= 0.6 is 0 Å². The van der Waals surface area contributed by atoms with E-state index in [1.807, 2.05) is 5.21 Å². The van der Waals surface area contributed by atoms with Gasteiger partial charge in [0.05, 0.1) is 30.4 Å². The molecule has 0 aliphatic rings. The third-order valence-electron chi connectivity index (χ3n) is 3.21. The number of benzene rings is 1. The van der Waals surface area contributed by atoms with Crippen molar-refractivity contribution < 1.29 is 40.6 Å². The summed E-state index contributed by atoms with van der Waals surface area (Å²) in [5.74, 6) is -1.86. The lowest BCUT2D eigenvalue weighted by molar-refractivity contribution is -0.142. The molecule has 12 heteroatoms. The van der Waals surface area contributed by atoms with Crippen molar-refractivity contribution in [2.24, 2.45) is 0 Å². The molecular weight excluding hydrogens is 372 g/mol. The molecule has 1 heterocycles. The molecule has 0 saturated heterocycles. The monoisotopic (exact) mass is 383 g/mol. The largest absolute Gasteiger partial charge is 0.496 e. The van der Waals surface area contributed by atoms with E-state index in [0.29, 0.717) is 6.07 Å². The molecule has 6 nitrogen and oxygen atoms in total. The zero-order chi connectivity index (χ0) is 19.7. The number of H-pyrrole nitrogens is 1. The summed E-state index contributed by atoms with van der Waals surface area (Å²) in [5.41, 5.74) is -5.35. The topological polar surface area (TPSA) is 77.1 Å². The Balaban J connectivity index is 2.81. The van der Waals surface area contributed by atoms with Crippen LogP contribution in [0.3, 0.4) is 0 Å². The summed E-state index contributed by atoms with van der Waals surface area (Å²) in [5, 5.41) is 8.86. The quantitative estimate of drug-likeness (QED) is 0.644. The summed E-state index contributed by atoms with van der Waals surface area (Å²) in [6, 6.07) is 0.301. The maximum Gasteiger partial charge on any atom is 0.417 e. The number of esters is 1. The number of rotatable bonds is 4. The molecule has 2 rings (SSSR count). The Morgan fingerprint density at radius 1 is 1.12 bits per heavy atom. The predicted octanol–water partition coefficient (Wildman–Crippen LogP) is 3.69. The molecule has 0 saturated carbocycles. The normalized spacial score (nSPS) is 12.2. The lowest BCUT2D eigenvalue weighted by Gasteiger charge is -2.18. The Morgan fingerprint density at radius 2 is 1.77 bits per heavy atom. The third-order valence-corrected chi connectivity index (χ3v) is 3.21. The second kappa shape index (κ2) is 6.84. The molecule has 1 N–H and O–H groups in total. The van der Waals surface area contributed by atoms with Crippen molar-refractivity contribution in [3.05, 3.63) is 29.0 Å². The lowest BCUT2D eigenvalue weighted by Crippen LogP contribution is -2.15. The highest BCUT2D eigenvalue weighted by molar-refractivity contribution is 5.95. The van der Waals surface area contributed by atoms with Crippen molar-refractivity contribution in [1.82, 2.24) is 15.4 Å². The van der Waals surface area contributed by atoms with Crippen LogP contribution in [0.25, 0.3) is 11.3 Å². The first-order chi connectivity index (χ1) is 12.0. The molecule has 1 aromatic carbocycles. The van der Waals surface area contributed by atoms with Crippen LogP contribution in [0.5, 0.6) is 5.75 Å². The van der Waals surface area contributed by atoms with Gasteiger partial charge < -0.3 is 9.47 Å². The molecule has 0 amide bonds. The van der Waals surface area contributed by atoms with Crippen LogP contribution in [-0.2, 0) is 17.1 Å². The van der Waals surface area contributed by atoms with E-state index in [-0.39, 0.29) is 12.7 Å². The predicted molar refractivity (Wildman–Crippen MR) is 74.3 cm³/mol. The van der Waals surface area contributed by atoms with Crippen molar-refractivity contribution in [1.29, 1.82) is 0 Å². The Morgan fingerprint density at radius 3 is 2.27 bits per heavy atom. The van der Waals surface area contributed by atoms with Gasteiger partial charge in [-0.3, -0.25) is 0 Å².